The van der Waals surface area contributed by atoms with E-state index in [0.29, 0.717) is 11.1 Å². The summed E-state index contributed by atoms with van der Waals surface area (Å²) in [7, 11) is 1.91. The minimum Gasteiger partial charge on any atom is -0.489 e. The van der Waals surface area contributed by atoms with Crippen LogP contribution in [0.4, 0.5) is 4.39 Å². The van der Waals surface area contributed by atoms with Gasteiger partial charge in [-0.2, -0.15) is 0 Å². The zero-order valence-corrected chi connectivity index (χ0v) is 13.1. The van der Waals surface area contributed by atoms with Gasteiger partial charge < -0.3 is 10.1 Å². The second-order valence-corrected chi connectivity index (χ2v) is 5.34. The van der Waals surface area contributed by atoms with Crippen LogP contribution in [0.3, 0.4) is 0 Å². The summed E-state index contributed by atoms with van der Waals surface area (Å²) in [5, 5.41) is 3.19. The second-order valence-electron chi connectivity index (χ2n) is 4.55. The quantitative estimate of drug-likeness (QED) is 0.870. The van der Waals surface area contributed by atoms with Crippen LogP contribution in [0, 0.1) is 5.82 Å². The van der Waals surface area contributed by atoms with E-state index in [0.717, 1.165) is 16.9 Å². The van der Waals surface area contributed by atoms with E-state index in [1.54, 1.807) is 6.07 Å². The summed E-state index contributed by atoms with van der Waals surface area (Å²) < 4.78 is 19.8. The fourth-order valence-corrected chi connectivity index (χ4v) is 2.32. The normalized spacial score (nSPS) is 12.2. The number of hydrogen-bond donors (Lipinski definition) is 1. The van der Waals surface area contributed by atoms with Crippen LogP contribution < -0.4 is 10.1 Å². The molecule has 0 saturated heterocycles. The number of benzene rings is 2. The molecule has 1 unspecified atom stereocenters. The molecule has 0 fully saturated rings. The minimum atomic E-state index is -0.275. The molecule has 2 aromatic carbocycles. The van der Waals surface area contributed by atoms with Crippen LogP contribution >= 0.6 is 15.9 Å². The molecule has 0 heterocycles. The maximum atomic E-state index is 13.5. The predicted molar refractivity (Wildman–Crippen MR) is 82.3 cm³/mol. The van der Waals surface area contributed by atoms with Crippen molar-refractivity contribution < 1.29 is 9.13 Å². The van der Waals surface area contributed by atoms with Crippen molar-refractivity contribution in [2.24, 2.45) is 0 Å². The molecule has 0 aliphatic heterocycles. The van der Waals surface area contributed by atoms with Crippen molar-refractivity contribution in [3.05, 3.63) is 63.9 Å². The first kappa shape index (κ1) is 15.0. The molecule has 0 radical (unpaired) electrons. The third-order valence-electron chi connectivity index (χ3n) is 3.23. The Kier molecular flexibility index (Phi) is 5.15. The summed E-state index contributed by atoms with van der Waals surface area (Å²) in [6, 6.07) is 13.0. The van der Waals surface area contributed by atoms with Crippen LogP contribution in [0.2, 0.25) is 0 Å². The molecule has 4 heteroatoms. The maximum Gasteiger partial charge on any atom is 0.137 e. The highest BCUT2D eigenvalue weighted by Crippen LogP contribution is 2.27. The van der Waals surface area contributed by atoms with Gasteiger partial charge in [-0.25, -0.2) is 4.39 Å². The molecule has 0 aliphatic carbocycles. The molecule has 0 spiro atoms. The van der Waals surface area contributed by atoms with E-state index in [4.69, 9.17) is 4.74 Å². The van der Waals surface area contributed by atoms with E-state index in [9.17, 15) is 4.39 Å². The molecule has 0 saturated carbocycles. The standard InChI is InChI=1S/C16H17BrFNO/c1-11(19-2)13-7-3-4-9-15(13)20-10-12-6-5-8-14(18)16(12)17/h3-9,11,19H,10H2,1-2H3. The molecule has 2 nitrogen and oxygen atoms in total. The van der Waals surface area contributed by atoms with Crippen LogP contribution in [0.1, 0.15) is 24.1 Å². The lowest BCUT2D eigenvalue weighted by Crippen LogP contribution is -2.13. The van der Waals surface area contributed by atoms with Gasteiger partial charge in [0.1, 0.15) is 18.2 Å². The number of hydrogen-bond acceptors (Lipinski definition) is 2. The van der Waals surface area contributed by atoms with Gasteiger partial charge in [-0.15, -0.1) is 0 Å². The topological polar surface area (TPSA) is 21.3 Å². The summed E-state index contributed by atoms with van der Waals surface area (Å²) in [6.07, 6.45) is 0. The summed E-state index contributed by atoms with van der Waals surface area (Å²) in [5.74, 6) is 0.536. The van der Waals surface area contributed by atoms with Crippen molar-refractivity contribution in [2.45, 2.75) is 19.6 Å². The summed E-state index contributed by atoms with van der Waals surface area (Å²) in [4.78, 5) is 0. The zero-order valence-electron chi connectivity index (χ0n) is 11.5. The van der Waals surface area contributed by atoms with Gasteiger partial charge in [-0.3, -0.25) is 0 Å². The molecule has 0 bridgehead atoms. The molecule has 106 valence electrons. The molecule has 2 aromatic rings. The van der Waals surface area contributed by atoms with Gasteiger partial charge in [0, 0.05) is 17.2 Å². The van der Waals surface area contributed by atoms with Crippen molar-refractivity contribution in [3.63, 3.8) is 0 Å². The Bertz CT molecular complexity index is 588. The van der Waals surface area contributed by atoms with Crippen LogP contribution in [0.25, 0.3) is 0 Å². The molecule has 2 rings (SSSR count). The van der Waals surface area contributed by atoms with E-state index >= 15 is 0 Å². The van der Waals surface area contributed by atoms with Gasteiger partial charge in [-0.05, 0) is 42.0 Å². The molecule has 20 heavy (non-hydrogen) atoms. The predicted octanol–water partition coefficient (Wildman–Crippen LogP) is 4.45. The Morgan fingerprint density at radius 2 is 1.95 bits per heavy atom. The summed E-state index contributed by atoms with van der Waals surface area (Å²) in [6.45, 7) is 2.39. The van der Waals surface area contributed by atoms with Crippen molar-refractivity contribution in [1.82, 2.24) is 5.32 Å². The highest BCUT2D eigenvalue weighted by atomic mass is 79.9. The van der Waals surface area contributed by atoms with E-state index in [1.807, 2.05) is 37.4 Å². The average Bonchev–Trinajstić information content (AvgIpc) is 2.48. The van der Waals surface area contributed by atoms with Gasteiger partial charge in [0.25, 0.3) is 0 Å². The first-order valence-electron chi connectivity index (χ1n) is 6.45. The Labute approximate surface area is 127 Å². The molecule has 0 aromatic heterocycles. The number of para-hydroxylation sites is 1. The highest BCUT2D eigenvalue weighted by Gasteiger charge is 2.11. The van der Waals surface area contributed by atoms with Crippen molar-refractivity contribution >= 4 is 15.9 Å². The second kappa shape index (κ2) is 6.86. The molecule has 1 N–H and O–H groups in total. The molecule has 0 amide bonds. The van der Waals surface area contributed by atoms with Crippen molar-refractivity contribution in [3.8, 4) is 5.75 Å². The fraction of sp³-hybridized carbons (Fsp3) is 0.250. The van der Waals surface area contributed by atoms with Crippen LogP contribution in [-0.2, 0) is 6.61 Å². The van der Waals surface area contributed by atoms with Crippen molar-refractivity contribution in [2.75, 3.05) is 7.05 Å². The van der Waals surface area contributed by atoms with Gasteiger partial charge in [0.15, 0.2) is 0 Å². The SMILES string of the molecule is CNC(C)c1ccccc1OCc1cccc(F)c1Br. The zero-order chi connectivity index (χ0) is 14.5. The largest absolute Gasteiger partial charge is 0.489 e. The number of rotatable bonds is 5. The fourth-order valence-electron chi connectivity index (χ4n) is 1.94. The lowest BCUT2D eigenvalue weighted by Gasteiger charge is -2.16. The smallest absolute Gasteiger partial charge is 0.137 e. The maximum absolute atomic E-state index is 13.5. The number of halogens is 2. The lowest BCUT2D eigenvalue weighted by atomic mass is 10.1. The van der Waals surface area contributed by atoms with E-state index in [2.05, 4.69) is 28.2 Å². The number of nitrogens with one attached hydrogen (secondary N) is 1. The third-order valence-corrected chi connectivity index (χ3v) is 4.12. The Balaban J connectivity index is 2.17. The Hall–Kier alpha value is -1.39. The monoisotopic (exact) mass is 337 g/mol. The van der Waals surface area contributed by atoms with E-state index in [1.165, 1.54) is 6.07 Å². The lowest BCUT2D eigenvalue weighted by molar-refractivity contribution is 0.299. The van der Waals surface area contributed by atoms with Crippen molar-refractivity contribution in [1.29, 1.82) is 0 Å². The highest BCUT2D eigenvalue weighted by molar-refractivity contribution is 9.10. The molecule has 1 atom stereocenters. The molecule has 0 aliphatic rings. The Morgan fingerprint density at radius 1 is 1.20 bits per heavy atom. The van der Waals surface area contributed by atoms with Crippen LogP contribution in [0.5, 0.6) is 5.75 Å². The molecular weight excluding hydrogens is 321 g/mol. The van der Waals surface area contributed by atoms with Crippen LogP contribution in [0.15, 0.2) is 46.9 Å². The van der Waals surface area contributed by atoms with E-state index < -0.39 is 0 Å². The summed E-state index contributed by atoms with van der Waals surface area (Å²) in [5.41, 5.74) is 1.87. The Morgan fingerprint density at radius 3 is 2.70 bits per heavy atom. The first-order chi connectivity index (χ1) is 9.63. The van der Waals surface area contributed by atoms with Gasteiger partial charge in [0.2, 0.25) is 0 Å². The van der Waals surface area contributed by atoms with Gasteiger partial charge >= 0.3 is 0 Å². The average molecular weight is 338 g/mol. The van der Waals surface area contributed by atoms with E-state index in [-0.39, 0.29) is 11.9 Å². The minimum absolute atomic E-state index is 0.196. The van der Waals surface area contributed by atoms with Crippen LogP contribution in [-0.4, -0.2) is 7.05 Å². The first-order valence-corrected chi connectivity index (χ1v) is 7.24. The number of ether oxygens (including phenoxy) is 1. The molecular formula is C16H17BrFNO. The van der Waals surface area contributed by atoms with Gasteiger partial charge in [-0.1, -0.05) is 30.3 Å². The summed E-state index contributed by atoms with van der Waals surface area (Å²) >= 11 is 3.25. The van der Waals surface area contributed by atoms with Gasteiger partial charge in [0.05, 0.1) is 4.47 Å². The third kappa shape index (κ3) is 3.38.